The van der Waals surface area contributed by atoms with Crippen molar-refractivity contribution in [2.24, 2.45) is 0 Å². The zero-order valence-corrected chi connectivity index (χ0v) is 14.5. The highest BCUT2D eigenvalue weighted by atomic mass is 79.9. The minimum absolute atomic E-state index is 0.166. The summed E-state index contributed by atoms with van der Waals surface area (Å²) in [5.74, 6) is 0. The standard InChI is InChI=1S/C16H17BrN4O2/c1-16(11-18,12-21-9-14(17)8-19-21)20(2)15(22)23-10-13-6-4-3-5-7-13/h3-9H,10,12H2,1-2H3. The molecule has 0 saturated heterocycles. The lowest BCUT2D eigenvalue weighted by atomic mass is 10.0. The predicted octanol–water partition coefficient (Wildman–Crippen LogP) is 3.20. The first-order valence-corrected chi connectivity index (χ1v) is 7.77. The third-order valence-corrected chi connectivity index (χ3v) is 3.94. The Bertz CT molecular complexity index is 710. The van der Waals surface area contributed by atoms with Crippen LogP contribution >= 0.6 is 15.9 Å². The van der Waals surface area contributed by atoms with E-state index in [1.54, 1.807) is 31.0 Å². The van der Waals surface area contributed by atoms with Gasteiger partial charge < -0.3 is 4.74 Å². The summed E-state index contributed by atoms with van der Waals surface area (Å²) < 4.78 is 7.70. The van der Waals surface area contributed by atoms with E-state index in [9.17, 15) is 10.1 Å². The summed E-state index contributed by atoms with van der Waals surface area (Å²) in [6.07, 6.45) is 2.83. The number of aromatic nitrogens is 2. The number of rotatable bonds is 5. The average molecular weight is 377 g/mol. The molecule has 1 aromatic heterocycles. The first-order chi connectivity index (χ1) is 10.9. The van der Waals surface area contributed by atoms with Crippen molar-refractivity contribution < 1.29 is 9.53 Å². The van der Waals surface area contributed by atoms with Gasteiger partial charge in [0.15, 0.2) is 0 Å². The SMILES string of the molecule is CN(C(=O)OCc1ccccc1)C(C)(C#N)Cn1cc(Br)cn1. The molecule has 0 fully saturated rings. The molecule has 6 nitrogen and oxygen atoms in total. The normalized spacial score (nSPS) is 13.0. The van der Waals surface area contributed by atoms with E-state index in [0.29, 0.717) is 0 Å². The molecule has 1 amide bonds. The largest absolute Gasteiger partial charge is 0.445 e. The first kappa shape index (κ1) is 17.0. The molecule has 0 aliphatic rings. The van der Waals surface area contributed by atoms with Gasteiger partial charge in [-0.3, -0.25) is 9.58 Å². The Morgan fingerprint density at radius 1 is 1.48 bits per heavy atom. The van der Waals surface area contributed by atoms with Gasteiger partial charge in [-0.25, -0.2) is 4.79 Å². The highest BCUT2D eigenvalue weighted by Crippen LogP contribution is 2.18. The van der Waals surface area contributed by atoms with Crippen molar-refractivity contribution in [1.82, 2.24) is 14.7 Å². The molecule has 1 aromatic carbocycles. The monoisotopic (exact) mass is 376 g/mol. The molecular formula is C16H17BrN4O2. The lowest BCUT2D eigenvalue weighted by Gasteiger charge is -2.31. The third kappa shape index (κ3) is 4.33. The van der Waals surface area contributed by atoms with Crippen molar-refractivity contribution in [3.8, 4) is 6.07 Å². The van der Waals surface area contributed by atoms with Gasteiger partial charge in [-0.2, -0.15) is 10.4 Å². The van der Waals surface area contributed by atoms with Crippen molar-refractivity contribution >= 4 is 22.0 Å². The molecule has 23 heavy (non-hydrogen) atoms. The average Bonchev–Trinajstić information content (AvgIpc) is 2.97. The molecular weight excluding hydrogens is 360 g/mol. The molecule has 0 saturated carbocycles. The Labute approximate surface area is 143 Å². The van der Waals surface area contributed by atoms with Crippen LogP contribution in [0.4, 0.5) is 4.79 Å². The summed E-state index contributed by atoms with van der Waals surface area (Å²) in [5, 5.41) is 13.6. The van der Waals surface area contributed by atoms with Gasteiger partial charge in [0.2, 0.25) is 0 Å². The maximum Gasteiger partial charge on any atom is 0.411 e. The van der Waals surface area contributed by atoms with Crippen LogP contribution in [0.1, 0.15) is 12.5 Å². The summed E-state index contributed by atoms with van der Waals surface area (Å²) in [6, 6.07) is 11.6. The zero-order valence-electron chi connectivity index (χ0n) is 12.9. The molecule has 0 aliphatic heterocycles. The fourth-order valence-corrected chi connectivity index (χ4v) is 2.30. The Hall–Kier alpha value is -2.33. The van der Waals surface area contributed by atoms with Crippen LogP contribution in [-0.4, -0.2) is 33.4 Å². The third-order valence-electron chi connectivity index (χ3n) is 3.53. The number of benzene rings is 1. The van der Waals surface area contributed by atoms with Crippen molar-refractivity contribution in [2.75, 3.05) is 7.05 Å². The minimum atomic E-state index is -1.07. The van der Waals surface area contributed by atoms with Gasteiger partial charge >= 0.3 is 6.09 Å². The first-order valence-electron chi connectivity index (χ1n) is 6.98. The van der Waals surface area contributed by atoms with Crippen molar-refractivity contribution in [3.63, 3.8) is 0 Å². The molecule has 2 rings (SSSR count). The Balaban J connectivity index is 2.01. The van der Waals surface area contributed by atoms with Crippen LogP contribution in [0, 0.1) is 11.3 Å². The van der Waals surface area contributed by atoms with E-state index >= 15 is 0 Å². The summed E-state index contributed by atoms with van der Waals surface area (Å²) >= 11 is 3.31. The summed E-state index contributed by atoms with van der Waals surface area (Å²) in [5.41, 5.74) is -0.178. The van der Waals surface area contributed by atoms with Crippen molar-refractivity contribution in [2.45, 2.75) is 25.6 Å². The second kappa shape index (κ2) is 7.29. The van der Waals surface area contributed by atoms with Crippen LogP contribution in [0.5, 0.6) is 0 Å². The highest BCUT2D eigenvalue weighted by molar-refractivity contribution is 9.10. The molecule has 2 aromatic rings. The number of carbonyl (C=O) groups excluding carboxylic acids is 1. The number of carbonyl (C=O) groups is 1. The number of halogens is 1. The van der Waals surface area contributed by atoms with Gasteiger partial charge in [-0.05, 0) is 28.4 Å². The lowest BCUT2D eigenvalue weighted by Crippen LogP contribution is -2.49. The summed E-state index contributed by atoms with van der Waals surface area (Å²) in [6.45, 7) is 2.08. The lowest BCUT2D eigenvalue weighted by molar-refractivity contribution is 0.0747. The second-order valence-electron chi connectivity index (χ2n) is 5.34. The van der Waals surface area contributed by atoms with Gasteiger partial charge in [-0.15, -0.1) is 0 Å². The fraction of sp³-hybridized carbons (Fsp3) is 0.312. The van der Waals surface area contributed by atoms with Crippen molar-refractivity contribution in [1.29, 1.82) is 5.26 Å². The molecule has 1 unspecified atom stereocenters. The maximum atomic E-state index is 12.2. The summed E-state index contributed by atoms with van der Waals surface area (Å²) in [7, 11) is 1.55. The van der Waals surface area contributed by atoms with Gasteiger partial charge in [0, 0.05) is 13.2 Å². The van der Waals surface area contributed by atoms with Crippen LogP contribution in [0.2, 0.25) is 0 Å². The number of ether oxygens (including phenoxy) is 1. The van der Waals surface area contributed by atoms with Gasteiger partial charge in [-0.1, -0.05) is 30.3 Å². The molecule has 0 spiro atoms. The Morgan fingerprint density at radius 3 is 2.74 bits per heavy atom. The number of hydrogen-bond donors (Lipinski definition) is 0. The van der Waals surface area contributed by atoms with Crippen LogP contribution in [-0.2, 0) is 17.9 Å². The molecule has 0 N–H and O–H groups in total. The molecule has 7 heteroatoms. The molecule has 0 aliphatic carbocycles. The zero-order chi connectivity index (χ0) is 16.9. The topological polar surface area (TPSA) is 71.2 Å². The Morgan fingerprint density at radius 2 is 2.17 bits per heavy atom. The van der Waals surface area contributed by atoms with E-state index in [1.165, 1.54) is 4.90 Å². The number of likely N-dealkylation sites (N-methyl/N-ethyl adjacent to an activating group) is 1. The van der Waals surface area contributed by atoms with E-state index in [-0.39, 0.29) is 13.2 Å². The number of nitriles is 1. The fourth-order valence-electron chi connectivity index (χ4n) is 1.97. The van der Waals surface area contributed by atoms with E-state index in [1.807, 2.05) is 30.3 Å². The van der Waals surface area contributed by atoms with Crippen LogP contribution in [0.25, 0.3) is 0 Å². The van der Waals surface area contributed by atoms with Crippen molar-refractivity contribution in [3.05, 3.63) is 52.8 Å². The number of amides is 1. The van der Waals surface area contributed by atoms with Gasteiger partial charge in [0.1, 0.15) is 12.1 Å². The predicted molar refractivity (Wildman–Crippen MR) is 88.3 cm³/mol. The number of nitrogens with zero attached hydrogens (tertiary/aromatic N) is 4. The highest BCUT2D eigenvalue weighted by Gasteiger charge is 2.34. The Kier molecular flexibility index (Phi) is 5.40. The molecule has 1 heterocycles. The smallest absolute Gasteiger partial charge is 0.411 e. The van der Waals surface area contributed by atoms with E-state index in [0.717, 1.165) is 10.0 Å². The quantitative estimate of drug-likeness (QED) is 0.802. The van der Waals surface area contributed by atoms with E-state index in [4.69, 9.17) is 4.74 Å². The molecule has 1 atom stereocenters. The number of hydrogen-bond acceptors (Lipinski definition) is 4. The molecule has 120 valence electrons. The summed E-state index contributed by atoms with van der Waals surface area (Å²) in [4.78, 5) is 13.5. The molecule has 0 radical (unpaired) electrons. The van der Waals surface area contributed by atoms with Crippen LogP contribution < -0.4 is 0 Å². The van der Waals surface area contributed by atoms with E-state index in [2.05, 4.69) is 27.1 Å². The van der Waals surface area contributed by atoms with Crippen LogP contribution in [0.3, 0.4) is 0 Å². The van der Waals surface area contributed by atoms with Crippen LogP contribution in [0.15, 0.2) is 47.2 Å². The molecule has 0 bridgehead atoms. The minimum Gasteiger partial charge on any atom is -0.445 e. The van der Waals surface area contributed by atoms with E-state index < -0.39 is 11.6 Å². The van der Waals surface area contributed by atoms with Gasteiger partial charge in [0.25, 0.3) is 0 Å². The maximum absolute atomic E-state index is 12.2. The van der Waals surface area contributed by atoms with Gasteiger partial charge in [0.05, 0.1) is 23.3 Å². The second-order valence-corrected chi connectivity index (χ2v) is 6.26.